The number of benzene rings is 1. The Morgan fingerprint density at radius 1 is 1.04 bits per heavy atom. The molecule has 0 bridgehead atoms. The van der Waals surface area contributed by atoms with Gasteiger partial charge in [-0.15, -0.1) is 11.3 Å². The fraction of sp³-hybridized carbons (Fsp3) is 0.389. The van der Waals surface area contributed by atoms with E-state index >= 15 is 0 Å². The molecule has 1 aromatic carbocycles. The van der Waals surface area contributed by atoms with Gasteiger partial charge in [-0.1, -0.05) is 43.2 Å². The first kappa shape index (κ1) is 17.3. The number of thiazole rings is 1. The summed E-state index contributed by atoms with van der Waals surface area (Å²) in [7, 11) is 0. The summed E-state index contributed by atoms with van der Waals surface area (Å²) in [5.41, 5.74) is 1.94. The predicted molar refractivity (Wildman–Crippen MR) is 94.6 cm³/mol. The molecule has 1 N–H and O–H groups in total. The first-order valence-corrected chi connectivity index (χ1v) is 8.83. The largest absolute Gasteiger partial charge is 0.302 e. The molecule has 0 saturated carbocycles. The van der Waals surface area contributed by atoms with E-state index < -0.39 is 0 Å². The van der Waals surface area contributed by atoms with E-state index in [1.54, 1.807) is 6.92 Å². The first-order chi connectivity index (χ1) is 11.1. The molecule has 0 radical (unpaired) electrons. The Hall–Kier alpha value is -2.01. The average molecular weight is 330 g/mol. The van der Waals surface area contributed by atoms with Gasteiger partial charge >= 0.3 is 0 Å². The van der Waals surface area contributed by atoms with E-state index in [1.807, 2.05) is 35.7 Å². The Kier molecular flexibility index (Phi) is 6.94. The summed E-state index contributed by atoms with van der Waals surface area (Å²) < 4.78 is 0. The van der Waals surface area contributed by atoms with Crippen LogP contribution < -0.4 is 5.32 Å². The maximum absolute atomic E-state index is 11.9. The smallest absolute Gasteiger partial charge is 0.226 e. The Morgan fingerprint density at radius 3 is 2.43 bits per heavy atom. The van der Waals surface area contributed by atoms with Crippen LogP contribution in [0.4, 0.5) is 5.13 Å². The number of nitrogens with one attached hydrogen (secondary N) is 1. The van der Waals surface area contributed by atoms with Crippen LogP contribution in [0.5, 0.6) is 0 Å². The number of ketones is 1. The number of Topliss-reactive ketones (excluding diaryl/α,β-unsaturated/α-hetero) is 1. The van der Waals surface area contributed by atoms with Crippen LogP contribution in [0.15, 0.2) is 35.7 Å². The minimum absolute atomic E-state index is 0.00512. The molecule has 0 unspecified atom stereocenters. The molecule has 1 heterocycles. The van der Waals surface area contributed by atoms with Crippen LogP contribution in [0, 0.1) is 0 Å². The number of hydrogen-bond donors (Lipinski definition) is 1. The van der Waals surface area contributed by atoms with Gasteiger partial charge in [0, 0.05) is 23.8 Å². The third-order valence-corrected chi connectivity index (χ3v) is 4.26. The molecule has 0 aliphatic heterocycles. The molecule has 0 spiro atoms. The number of amides is 1. The van der Waals surface area contributed by atoms with Gasteiger partial charge in [0.15, 0.2) is 5.13 Å². The van der Waals surface area contributed by atoms with Crippen LogP contribution in [0.25, 0.3) is 11.3 Å². The molecule has 1 aromatic heterocycles. The van der Waals surface area contributed by atoms with E-state index in [0.717, 1.165) is 36.9 Å². The fourth-order valence-electron chi connectivity index (χ4n) is 2.27. The number of nitrogens with zero attached hydrogens (tertiary/aromatic N) is 1. The van der Waals surface area contributed by atoms with Crippen molar-refractivity contribution in [1.82, 2.24) is 4.98 Å². The zero-order valence-electron chi connectivity index (χ0n) is 13.4. The number of anilines is 1. The van der Waals surface area contributed by atoms with Crippen LogP contribution in [0.3, 0.4) is 0 Å². The second kappa shape index (κ2) is 9.20. The minimum atomic E-state index is 0.00512. The van der Waals surface area contributed by atoms with Gasteiger partial charge in [-0.2, -0.15) is 0 Å². The summed E-state index contributed by atoms with van der Waals surface area (Å²) in [5.74, 6) is 0.242. The van der Waals surface area contributed by atoms with E-state index in [2.05, 4.69) is 10.3 Å². The Labute approximate surface area is 141 Å². The van der Waals surface area contributed by atoms with Gasteiger partial charge in [0.2, 0.25) is 5.91 Å². The summed E-state index contributed by atoms with van der Waals surface area (Å²) in [4.78, 5) is 27.2. The molecule has 122 valence electrons. The lowest BCUT2D eigenvalue weighted by atomic mass is 10.1. The maximum Gasteiger partial charge on any atom is 0.226 e. The van der Waals surface area contributed by atoms with Gasteiger partial charge in [-0.3, -0.25) is 4.79 Å². The van der Waals surface area contributed by atoms with Gasteiger partial charge in [-0.05, 0) is 19.8 Å². The second-order valence-electron chi connectivity index (χ2n) is 5.57. The van der Waals surface area contributed by atoms with Crippen molar-refractivity contribution >= 4 is 28.2 Å². The first-order valence-electron chi connectivity index (χ1n) is 7.95. The molecular weight excluding hydrogens is 308 g/mol. The van der Waals surface area contributed by atoms with E-state index in [1.165, 1.54) is 11.3 Å². The van der Waals surface area contributed by atoms with Crippen LogP contribution >= 0.6 is 11.3 Å². The molecule has 1 amide bonds. The van der Waals surface area contributed by atoms with Crippen molar-refractivity contribution in [1.29, 1.82) is 0 Å². The summed E-state index contributed by atoms with van der Waals surface area (Å²) in [5, 5.41) is 5.45. The molecule has 4 nitrogen and oxygen atoms in total. The molecule has 0 aliphatic rings. The van der Waals surface area contributed by atoms with Gasteiger partial charge in [-0.25, -0.2) is 4.98 Å². The van der Waals surface area contributed by atoms with Crippen molar-refractivity contribution in [2.24, 2.45) is 0 Å². The quantitative estimate of drug-likeness (QED) is 0.679. The minimum Gasteiger partial charge on any atom is -0.302 e. The van der Waals surface area contributed by atoms with Crippen molar-refractivity contribution in [2.75, 3.05) is 5.32 Å². The van der Waals surface area contributed by atoms with Gasteiger partial charge in [0.25, 0.3) is 0 Å². The van der Waals surface area contributed by atoms with E-state index in [4.69, 9.17) is 0 Å². The van der Waals surface area contributed by atoms with Crippen molar-refractivity contribution in [3.05, 3.63) is 35.7 Å². The number of aromatic nitrogens is 1. The number of hydrogen-bond acceptors (Lipinski definition) is 4. The predicted octanol–water partition coefficient (Wildman–Crippen LogP) is 4.68. The number of carbonyl (C=O) groups is 2. The lowest BCUT2D eigenvalue weighted by molar-refractivity contribution is -0.117. The Balaban J connectivity index is 1.70. The molecule has 0 saturated heterocycles. The highest BCUT2D eigenvalue weighted by Crippen LogP contribution is 2.24. The lowest BCUT2D eigenvalue weighted by Crippen LogP contribution is -2.10. The molecule has 2 aromatic rings. The fourth-order valence-corrected chi connectivity index (χ4v) is 3.00. The normalized spacial score (nSPS) is 10.5. The van der Waals surface area contributed by atoms with Gasteiger partial charge in [0.1, 0.15) is 5.78 Å². The third-order valence-electron chi connectivity index (χ3n) is 3.50. The van der Waals surface area contributed by atoms with Crippen LogP contribution in [-0.2, 0) is 9.59 Å². The molecule has 0 aliphatic carbocycles. The van der Waals surface area contributed by atoms with E-state index in [-0.39, 0.29) is 11.7 Å². The molecule has 0 fully saturated rings. The van der Waals surface area contributed by atoms with Crippen molar-refractivity contribution in [2.45, 2.75) is 45.4 Å². The summed E-state index contributed by atoms with van der Waals surface area (Å²) in [6, 6.07) is 9.91. The summed E-state index contributed by atoms with van der Waals surface area (Å²) in [6.45, 7) is 1.62. The van der Waals surface area contributed by atoms with Crippen molar-refractivity contribution in [3.63, 3.8) is 0 Å². The molecule has 2 rings (SSSR count). The number of rotatable bonds is 9. The lowest BCUT2D eigenvalue weighted by Gasteiger charge is -2.02. The van der Waals surface area contributed by atoms with Crippen molar-refractivity contribution in [3.8, 4) is 11.3 Å². The van der Waals surface area contributed by atoms with Crippen molar-refractivity contribution < 1.29 is 9.59 Å². The average Bonchev–Trinajstić information content (AvgIpc) is 3.00. The standard InChI is InChI=1S/C18H22N2O2S/c1-14(21)9-5-2-3-8-12-17(22)20-18-19-16(13-23-18)15-10-6-4-7-11-15/h4,6-7,10-11,13H,2-3,5,8-9,12H2,1H3,(H,19,20,22). The SMILES string of the molecule is CC(=O)CCCCCCC(=O)Nc1nc(-c2ccccc2)cs1. The Morgan fingerprint density at radius 2 is 1.74 bits per heavy atom. The summed E-state index contributed by atoms with van der Waals surface area (Å²) in [6.07, 6.45) is 4.90. The zero-order valence-corrected chi connectivity index (χ0v) is 14.2. The highest BCUT2D eigenvalue weighted by molar-refractivity contribution is 7.14. The Bertz CT molecular complexity index is 637. The van der Waals surface area contributed by atoms with E-state index in [9.17, 15) is 9.59 Å². The second-order valence-corrected chi connectivity index (χ2v) is 6.43. The third kappa shape index (κ3) is 6.32. The highest BCUT2D eigenvalue weighted by atomic mass is 32.1. The maximum atomic E-state index is 11.9. The molecular formula is C18H22N2O2S. The molecule has 5 heteroatoms. The highest BCUT2D eigenvalue weighted by Gasteiger charge is 2.07. The zero-order chi connectivity index (χ0) is 16.5. The van der Waals surface area contributed by atoms with Crippen LogP contribution in [0.2, 0.25) is 0 Å². The van der Waals surface area contributed by atoms with Gasteiger partial charge in [0.05, 0.1) is 5.69 Å². The monoisotopic (exact) mass is 330 g/mol. The van der Waals surface area contributed by atoms with Crippen LogP contribution in [0.1, 0.15) is 45.4 Å². The summed E-state index contributed by atoms with van der Waals surface area (Å²) >= 11 is 1.44. The topological polar surface area (TPSA) is 59.1 Å². The number of carbonyl (C=O) groups excluding carboxylic acids is 2. The van der Waals surface area contributed by atoms with E-state index in [0.29, 0.717) is 18.0 Å². The molecule has 23 heavy (non-hydrogen) atoms. The van der Waals surface area contributed by atoms with Crippen LogP contribution in [-0.4, -0.2) is 16.7 Å². The molecule has 0 atom stereocenters. The van der Waals surface area contributed by atoms with Gasteiger partial charge < -0.3 is 10.1 Å². The number of unbranched alkanes of at least 4 members (excludes halogenated alkanes) is 3.